The lowest BCUT2D eigenvalue weighted by atomic mass is 10.1. The molecular formula is C22H23N3O2. The molecule has 0 aliphatic heterocycles. The van der Waals surface area contributed by atoms with E-state index in [1.165, 1.54) is 12.5 Å². The molecule has 0 radical (unpaired) electrons. The van der Waals surface area contributed by atoms with Crippen LogP contribution in [0.1, 0.15) is 25.8 Å². The van der Waals surface area contributed by atoms with Crippen molar-refractivity contribution in [1.82, 2.24) is 4.98 Å². The number of carbonyl (C=O) groups excluding carboxylic acids is 2. The van der Waals surface area contributed by atoms with E-state index in [1.807, 2.05) is 54.6 Å². The molecule has 3 rings (SSSR count). The van der Waals surface area contributed by atoms with Crippen LogP contribution in [-0.2, 0) is 16.0 Å². The van der Waals surface area contributed by atoms with Crippen molar-refractivity contribution in [3.8, 4) is 0 Å². The fourth-order valence-electron chi connectivity index (χ4n) is 3.01. The average Bonchev–Trinajstić information content (AvgIpc) is 2.68. The highest BCUT2D eigenvalue weighted by molar-refractivity contribution is 6.01. The Morgan fingerprint density at radius 3 is 2.48 bits per heavy atom. The summed E-state index contributed by atoms with van der Waals surface area (Å²) >= 11 is 0. The van der Waals surface area contributed by atoms with E-state index in [0.29, 0.717) is 6.54 Å². The maximum atomic E-state index is 12.3. The van der Waals surface area contributed by atoms with Crippen molar-refractivity contribution < 1.29 is 9.59 Å². The summed E-state index contributed by atoms with van der Waals surface area (Å²) in [5.41, 5.74) is 3.46. The van der Waals surface area contributed by atoms with Gasteiger partial charge in [-0.1, -0.05) is 37.3 Å². The van der Waals surface area contributed by atoms with E-state index in [2.05, 4.69) is 17.2 Å². The number of rotatable bonds is 6. The van der Waals surface area contributed by atoms with Crippen molar-refractivity contribution >= 4 is 34.1 Å². The number of anilines is 2. The van der Waals surface area contributed by atoms with Crippen molar-refractivity contribution in [2.24, 2.45) is 0 Å². The molecule has 3 aromatic rings. The number of amides is 2. The Bertz CT molecular complexity index is 946. The van der Waals surface area contributed by atoms with Crippen LogP contribution in [0.4, 0.5) is 11.4 Å². The zero-order chi connectivity index (χ0) is 19.2. The number of carbonyl (C=O) groups is 2. The topological polar surface area (TPSA) is 62.3 Å². The smallest absolute Gasteiger partial charge is 0.226 e. The first-order valence-electron chi connectivity index (χ1n) is 9.09. The van der Waals surface area contributed by atoms with Crippen LogP contribution in [-0.4, -0.2) is 23.3 Å². The van der Waals surface area contributed by atoms with Crippen molar-refractivity contribution in [3.63, 3.8) is 0 Å². The summed E-state index contributed by atoms with van der Waals surface area (Å²) in [6.07, 6.45) is 2.87. The van der Waals surface area contributed by atoms with Crippen molar-refractivity contribution in [2.75, 3.05) is 16.8 Å². The molecule has 0 unspecified atom stereocenters. The first kappa shape index (κ1) is 18.6. The molecule has 0 fully saturated rings. The second-order valence-corrected chi connectivity index (χ2v) is 6.37. The van der Waals surface area contributed by atoms with Gasteiger partial charge in [0.25, 0.3) is 0 Å². The average molecular weight is 361 g/mol. The molecule has 5 heteroatoms. The summed E-state index contributed by atoms with van der Waals surface area (Å²) < 4.78 is 0. The lowest BCUT2D eigenvalue weighted by molar-refractivity contribution is -0.117. The summed E-state index contributed by atoms with van der Waals surface area (Å²) in [6.45, 7) is 3.89. The minimum Gasteiger partial charge on any atom is -0.326 e. The van der Waals surface area contributed by atoms with Gasteiger partial charge in [0.2, 0.25) is 11.8 Å². The molecule has 0 atom stereocenters. The van der Waals surface area contributed by atoms with Crippen LogP contribution in [0.5, 0.6) is 0 Å². The summed E-state index contributed by atoms with van der Waals surface area (Å²) in [4.78, 5) is 30.5. The molecule has 0 saturated carbocycles. The van der Waals surface area contributed by atoms with Crippen LogP contribution in [0, 0.1) is 0 Å². The monoisotopic (exact) mass is 361 g/mol. The molecule has 2 aromatic carbocycles. The van der Waals surface area contributed by atoms with E-state index in [0.717, 1.165) is 28.7 Å². The highest BCUT2D eigenvalue weighted by atomic mass is 16.2. The summed E-state index contributed by atoms with van der Waals surface area (Å²) in [5.74, 6) is -0.244. The molecule has 1 heterocycles. The third-order valence-corrected chi connectivity index (χ3v) is 4.49. The lowest BCUT2D eigenvalue weighted by Crippen LogP contribution is -2.32. The molecule has 2 amide bonds. The molecule has 0 bridgehead atoms. The number of aromatic nitrogens is 1. The van der Waals surface area contributed by atoms with Gasteiger partial charge in [0.05, 0.1) is 11.2 Å². The number of nitrogens with zero attached hydrogens (tertiary/aromatic N) is 2. The van der Waals surface area contributed by atoms with E-state index in [9.17, 15) is 9.59 Å². The fraction of sp³-hybridized carbons (Fsp3) is 0.227. The Hall–Kier alpha value is -3.21. The highest BCUT2D eigenvalue weighted by Gasteiger charge is 2.16. The number of fused-ring (bicyclic) bond motifs is 1. The van der Waals surface area contributed by atoms with Crippen LogP contribution in [0.25, 0.3) is 10.9 Å². The third-order valence-electron chi connectivity index (χ3n) is 4.49. The molecule has 1 aromatic heterocycles. The molecule has 5 nitrogen and oxygen atoms in total. The Morgan fingerprint density at radius 1 is 1.04 bits per heavy atom. The van der Waals surface area contributed by atoms with Gasteiger partial charge in [-0.25, -0.2) is 0 Å². The van der Waals surface area contributed by atoms with E-state index in [-0.39, 0.29) is 18.2 Å². The summed E-state index contributed by atoms with van der Waals surface area (Å²) in [6, 6.07) is 17.3. The molecule has 27 heavy (non-hydrogen) atoms. The fourth-order valence-corrected chi connectivity index (χ4v) is 3.01. The largest absolute Gasteiger partial charge is 0.326 e. The number of aryl methyl sites for hydroxylation is 1. The molecule has 0 spiro atoms. The highest BCUT2D eigenvalue weighted by Crippen LogP contribution is 2.25. The molecule has 1 N–H and O–H groups in total. The van der Waals surface area contributed by atoms with Gasteiger partial charge in [-0.05, 0) is 36.2 Å². The van der Waals surface area contributed by atoms with Crippen molar-refractivity contribution in [3.05, 3.63) is 66.4 Å². The van der Waals surface area contributed by atoms with Crippen LogP contribution >= 0.6 is 0 Å². The van der Waals surface area contributed by atoms with E-state index in [1.54, 1.807) is 11.1 Å². The Morgan fingerprint density at radius 2 is 1.78 bits per heavy atom. The quantitative estimate of drug-likeness (QED) is 0.716. The summed E-state index contributed by atoms with van der Waals surface area (Å²) in [7, 11) is 0. The molecular weight excluding hydrogens is 338 g/mol. The third kappa shape index (κ3) is 4.50. The predicted molar refractivity (Wildman–Crippen MR) is 109 cm³/mol. The number of hydrogen-bond acceptors (Lipinski definition) is 3. The predicted octanol–water partition coefficient (Wildman–Crippen LogP) is 4.18. The molecule has 0 saturated heterocycles. The number of nitrogens with one attached hydrogen (secondary N) is 1. The molecule has 0 aliphatic rings. The van der Waals surface area contributed by atoms with E-state index in [4.69, 9.17) is 0 Å². The lowest BCUT2D eigenvalue weighted by Gasteiger charge is -2.22. The van der Waals surface area contributed by atoms with Crippen LogP contribution in [0.15, 0.2) is 60.8 Å². The second-order valence-electron chi connectivity index (χ2n) is 6.37. The number of pyridine rings is 1. The van der Waals surface area contributed by atoms with Gasteiger partial charge >= 0.3 is 0 Å². The van der Waals surface area contributed by atoms with Gasteiger partial charge in [-0.15, -0.1) is 0 Å². The maximum absolute atomic E-state index is 12.3. The second kappa shape index (κ2) is 8.45. The minimum absolute atomic E-state index is 0.117. The SMILES string of the molecule is CCc1ccc(NC(=O)CCN(C(C)=O)c2cccc3cccnc23)cc1. The number of hydrogen-bond donors (Lipinski definition) is 1. The van der Waals surface area contributed by atoms with E-state index < -0.39 is 0 Å². The van der Waals surface area contributed by atoms with Crippen LogP contribution in [0.3, 0.4) is 0 Å². The zero-order valence-corrected chi connectivity index (χ0v) is 15.6. The molecule has 138 valence electrons. The Kier molecular flexibility index (Phi) is 5.81. The van der Waals surface area contributed by atoms with Crippen LogP contribution < -0.4 is 10.2 Å². The maximum Gasteiger partial charge on any atom is 0.226 e. The van der Waals surface area contributed by atoms with Gasteiger partial charge < -0.3 is 10.2 Å². The van der Waals surface area contributed by atoms with Gasteiger partial charge in [-0.3, -0.25) is 14.6 Å². The normalized spacial score (nSPS) is 10.6. The number of para-hydroxylation sites is 1. The summed E-state index contributed by atoms with van der Waals surface area (Å²) in [5, 5.41) is 3.84. The van der Waals surface area contributed by atoms with Gasteiger partial charge in [-0.2, -0.15) is 0 Å². The van der Waals surface area contributed by atoms with Crippen LogP contribution in [0.2, 0.25) is 0 Å². The number of benzene rings is 2. The van der Waals surface area contributed by atoms with E-state index >= 15 is 0 Å². The van der Waals surface area contributed by atoms with Gasteiger partial charge in [0, 0.05) is 37.2 Å². The Labute approximate surface area is 159 Å². The Balaban J connectivity index is 1.71. The first-order valence-corrected chi connectivity index (χ1v) is 9.09. The molecule has 0 aliphatic carbocycles. The van der Waals surface area contributed by atoms with Crippen molar-refractivity contribution in [1.29, 1.82) is 0 Å². The first-order chi connectivity index (χ1) is 13.1. The minimum atomic E-state index is -0.126. The van der Waals surface area contributed by atoms with Gasteiger partial charge in [0.1, 0.15) is 0 Å². The standard InChI is InChI=1S/C22H23N3O2/c1-3-17-9-11-19(12-10-17)24-21(27)13-15-25(16(2)26)20-8-4-6-18-7-5-14-23-22(18)20/h4-12,14H,3,13,15H2,1-2H3,(H,24,27). The van der Waals surface area contributed by atoms with Crippen molar-refractivity contribution in [2.45, 2.75) is 26.7 Å². The zero-order valence-electron chi connectivity index (χ0n) is 15.6. The van der Waals surface area contributed by atoms with Gasteiger partial charge in [0.15, 0.2) is 0 Å².